The summed E-state index contributed by atoms with van der Waals surface area (Å²) in [4.78, 5) is 18.6. The van der Waals surface area contributed by atoms with Crippen molar-refractivity contribution in [3.63, 3.8) is 0 Å². The highest BCUT2D eigenvalue weighted by Crippen LogP contribution is 2.15. The van der Waals surface area contributed by atoms with Crippen LogP contribution in [0, 0.1) is 0 Å². The molecule has 0 radical (unpaired) electrons. The summed E-state index contributed by atoms with van der Waals surface area (Å²) < 4.78 is 24.4. The number of imidazole rings is 1. The average Bonchev–Trinajstić information content (AvgIpc) is 2.85. The van der Waals surface area contributed by atoms with Gasteiger partial charge in [0, 0.05) is 5.69 Å². The molecular formula is C13H12N4O3S. The average molecular weight is 304 g/mol. The molecule has 0 amide bonds. The number of para-hydroxylation sites is 1. The van der Waals surface area contributed by atoms with Crippen molar-refractivity contribution >= 4 is 26.7 Å². The maximum absolute atomic E-state index is 12.2. The molecule has 108 valence electrons. The van der Waals surface area contributed by atoms with Crippen LogP contribution in [0.25, 0.3) is 11.0 Å². The van der Waals surface area contributed by atoms with Gasteiger partial charge in [0.25, 0.3) is 10.0 Å². The van der Waals surface area contributed by atoms with E-state index < -0.39 is 10.0 Å². The van der Waals surface area contributed by atoms with Gasteiger partial charge in [0.2, 0.25) is 0 Å². The quantitative estimate of drug-likeness (QED) is 0.543. The van der Waals surface area contributed by atoms with E-state index in [1.54, 1.807) is 24.3 Å². The Kier molecular flexibility index (Phi) is 3.24. The fraction of sp³-hybridized carbons (Fsp3) is 0. The number of hydrogen-bond donors (Lipinski definition) is 4. The molecule has 0 unspecified atom stereocenters. The van der Waals surface area contributed by atoms with E-state index in [1.165, 1.54) is 18.2 Å². The van der Waals surface area contributed by atoms with Crippen LogP contribution < -0.4 is 15.9 Å². The predicted molar refractivity (Wildman–Crippen MR) is 79.3 cm³/mol. The number of benzene rings is 2. The van der Waals surface area contributed by atoms with Gasteiger partial charge in [-0.05, 0) is 30.3 Å². The zero-order chi connectivity index (χ0) is 14.9. The normalized spacial score (nSPS) is 11.6. The molecule has 0 atom stereocenters. The largest absolute Gasteiger partial charge is 0.323 e. The Morgan fingerprint density at radius 3 is 2.38 bits per heavy atom. The molecule has 7 nitrogen and oxygen atoms in total. The number of sulfonamides is 1. The van der Waals surface area contributed by atoms with Gasteiger partial charge in [0.05, 0.1) is 15.9 Å². The lowest BCUT2D eigenvalue weighted by Crippen LogP contribution is -2.29. The molecule has 1 aromatic heterocycles. The first-order valence-electron chi connectivity index (χ1n) is 6.09. The number of aromatic amines is 2. The van der Waals surface area contributed by atoms with Crippen molar-refractivity contribution in [3.8, 4) is 0 Å². The highest BCUT2D eigenvalue weighted by atomic mass is 32.2. The Balaban J connectivity index is 1.87. The molecule has 0 bridgehead atoms. The molecule has 0 saturated heterocycles. The lowest BCUT2D eigenvalue weighted by Gasteiger charge is -2.09. The molecule has 0 aliphatic carbocycles. The molecule has 0 spiro atoms. The van der Waals surface area contributed by atoms with Crippen molar-refractivity contribution < 1.29 is 8.42 Å². The fourth-order valence-electron chi connectivity index (χ4n) is 1.89. The van der Waals surface area contributed by atoms with Crippen molar-refractivity contribution in [1.82, 2.24) is 14.8 Å². The smallest absolute Gasteiger partial charge is 0.308 e. The number of hydrazine groups is 1. The summed E-state index contributed by atoms with van der Waals surface area (Å²) in [5.41, 5.74) is 3.85. The minimum atomic E-state index is -3.74. The van der Waals surface area contributed by atoms with Crippen molar-refractivity contribution in [2.24, 2.45) is 0 Å². The highest BCUT2D eigenvalue weighted by molar-refractivity contribution is 7.89. The topological polar surface area (TPSA) is 107 Å². The van der Waals surface area contributed by atoms with E-state index in [0.29, 0.717) is 16.7 Å². The van der Waals surface area contributed by atoms with Crippen molar-refractivity contribution in [2.75, 3.05) is 5.43 Å². The van der Waals surface area contributed by atoms with E-state index in [-0.39, 0.29) is 10.6 Å². The van der Waals surface area contributed by atoms with Gasteiger partial charge < -0.3 is 15.4 Å². The predicted octanol–water partition coefficient (Wildman–Crippen LogP) is 1.16. The maximum atomic E-state index is 12.2. The molecule has 0 aliphatic rings. The number of hydrogen-bond acceptors (Lipinski definition) is 4. The third-order valence-corrected chi connectivity index (χ3v) is 4.15. The minimum Gasteiger partial charge on any atom is -0.308 e. The Labute approximate surface area is 120 Å². The molecular weight excluding hydrogens is 292 g/mol. The molecule has 1 heterocycles. The third-order valence-electron chi connectivity index (χ3n) is 2.90. The zero-order valence-corrected chi connectivity index (χ0v) is 11.6. The van der Waals surface area contributed by atoms with Crippen LogP contribution in [-0.2, 0) is 10.0 Å². The summed E-state index contributed by atoms with van der Waals surface area (Å²) >= 11 is 0. The maximum Gasteiger partial charge on any atom is 0.323 e. The van der Waals surface area contributed by atoms with Gasteiger partial charge in [0.15, 0.2) is 0 Å². The first kappa shape index (κ1) is 13.4. The Bertz CT molecular complexity index is 929. The van der Waals surface area contributed by atoms with E-state index in [9.17, 15) is 13.2 Å². The fourth-order valence-corrected chi connectivity index (χ4v) is 2.78. The van der Waals surface area contributed by atoms with Crippen LogP contribution >= 0.6 is 0 Å². The SMILES string of the molecule is O=c1[nH]c2ccc(S(=O)(=O)NNc3ccccc3)cc2[nH]1. The minimum absolute atomic E-state index is 0.0497. The van der Waals surface area contributed by atoms with Crippen LogP contribution in [0.15, 0.2) is 58.2 Å². The second-order valence-electron chi connectivity index (χ2n) is 4.38. The molecule has 0 fully saturated rings. The zero-order valence-electron chi connectivity index (χ0n) is 10.8. The van der Waals surface area contributed by atoms with E-state index in [0.717, 1.165) is 0 Å². The molecule has 8 heteroatoms. The van der Waals surface area contributed by atoms with E-state index >= 15 is 0 Å². The lowest BCUT2D eigenvalue weighted by atomic mass is 10.3. The second-order valence-corrected chi connectivity index (χ2v) is 6.07. The van der Waals surface area contributed by atoms with Crippen LogP contribution in [0.1, 0.15) is 0 Å². The molecule has 3 rings (SSSR count). The van der Waals surface area contributed by atoms with Crippen LogP contribution in [0.5, 0.6) is 0 Å². The van der Waals surface area contributed by atoms with Gasteiger partial charge in [0.1, 0.15) is 0 Å². The molecule has 4 N–H and O–H groups in total. The van der Waals surface area contributed by atoms with Crippen LogP contribution in [0.4, 0.5) is 5.69 Å². The summed E-state index contributed by atoms with van der Waals surface area (Å²) in [6.45, 7) is 0. The number of aromatic nitrogens is 2. The number of rotatable bonds is 4. The van der Waals surface area contributed by atoms with Crippen LogP contribution in [0.3, 0.4) is 0 Å². The van der Waals surface area contributed by atoms with Crippen LogP contribution in [-0.4, -0.2) is 18.4 Å². The van der Waals surface area contributed by atoms with Crippen molar-refractivity contribution in [2.45, 2.75) is 4.90 Å². The number of anilines is 1. The second kappa shape index (κ2) is 5.08. The number of H-pyrrole nitrogens is 2. The van der Waals surface area contributed by atoms with Gasteiger partial charge in [-0.1, -0.05) is 18.2 Å². The third kappa shape index (κ3) is 2.81. The lowest BCUT2D eigenvalue weighted by molar-refractivity contribution is 0.588. The Hall–Kier alpha value is -2.58. The van der Waals surface area contributed by atoms with E-state index in [4.69, 9.17) is 0 Å². The summed E-state index contributed by atoms with van der Waals surface area (Å²) in [5.74, 6) is 0. The summed E-state index contributed by atoms with van der Waals surface area (Å²) in [6.07, 6.45) is 0. The summed E-state index contributed by atoms with van der Waals surface area (Å²) in [7, 11) is -3.74. The first-order valence-corrected chi connectivity index (χ1v) is 7.58. The Morgan fingerprint density at radius 2 is 1.62 bits per heavy atom. The highest BCUT2D eigenvalue weighted by Gasteiger charge is 2.14. The molecule has 21 heavy (non-hydrogen) atoms. The molecule has 3 aromatic rings. The number of nitrogens with one attached hydrogen (secondary N) is 4. The summed E-state index contributed by atoms with van der Waals surface area (Å²) in [6, 6.07) is 13.2. The van der Waals surface area contributed by atoms with Gasteiger partial charge in [-0.15, -0.1) is 4.83 Å². The van der Waals surface area contributed by atoms with Gasteiger partial charge in [-0.3, -0.25) is 0 Å². The molecule has 2 aromatic carbocycles. The van der Waals surface area contributed by atoms with E-state index in [1.807, 2.05) is 6.07 Å². The van der Waals surface area contributed by atoms with Gasteiger partial charge in [-0.25, -0.2) is 13.2 Å². The Morgan fingerprint density at radius 1 is 0.905 bits per heavy atom. The van der Waals surface area contributed by atoms with E-state index in [2.05, 4.69) is 20.2 Å². The van der Waals surface area contributed by atoms with Crippen LogP contribution in [0.2, 0.25) is 0 Å². The molecule has 0 aliphatic heterocycles. The monoisotopic (exact) mass is 304 g/mol. The van der Waals surface area contributed by atoms with Crippen molar-refractivity contribution in [3.05, 3.63) is 59.0 Å². The summed E-state index contributed by atoms with van der Waals surface area (Å²) in [5, 5.41) is 0. The standard InChI is InChI=1S/C13H12N4O3S/c18-13-14-11-7-6-10(8-12(11)15-13)21(19,20)17-16-9-4-2-1-3-5-9/h1-8,16-17H,(H2,14,15,18). The van der Waals surface area contributed by atoms with Gasteiger partial charge >= 0.3 is 5.69 Å². The molecule has 0 saturated carbocycles. The van der Waals surface area contributed by atoms with Gasteiger partial charge in [-0.2, -0.15) is 0 Å². The number of fused-ring (bicyclic) bond motifs is 1. The van der Waals surface area contributed by atoms with Crippen molar-refractivity contribution in [1.29, 1.82) is 0 Å². The first-order chi connectivity index (χ1) is 10.0.